The molecule has 0 aliphatic carbocycles. The first-order valence-electron chi connectivity index (χ1n) is 8.66. The number of halogens is 2. The quantitative estimate of drug-likeness (QED) is 0.871. The number of amides is 2. The Labute approximate surface area is 158 Å². The summed E-state index contributed by atoms with van der Waals surface area (Å²) in [7, 11) is 0. The van der Waals surface area contributed by atoms with Gasteiger partial charge >= 0.3 is 0 Å². The van der Waals surface area contributed by atoms with Crippen molar-refractivity contribution in [1.29, 1.82) is 0 Å². The van der Waals surface area contributed by atoms with E-state index in [0.29, 0.717) is 37.7 Å². The van der Waals surface area contributed by atoms with E-state index in [0.717, 1.165) is 29.1 Å². The molecule has 9 heteroatoms. The van der Waals surface area contributed by atoms with Crippen LogP contribution in [0, 0.1) is 11.6 Å². The lowest BCUT2D eigenvalue weighted by Crippen LogP contribution is -2.35. The molecule has 2 aliphatic heterocycles. The van der Waals surface area contributed by atoms with E-state index < -0.39 is 17.7 Å². The molecule has 0 radical (unpaired) electrons. The summed E-state index contributed by atoms with van der Waals surface area (Å²) in [5, 5.41) is 3.27. The number of hydrogen-bond donors (Lipinski definition) is 1. The third-order valence-corrected chi connectivity index (χ3v) is 5.64. The maximum atomic E-state index is 13.4. The van der Waals surface area contributed by atoms with Gasteiger partial charge in [0.15, 0.2) is 16.8 Å². The molecular formula is C18H17F2N3O3S. The van der Waals surface area contributed by atoms with Crippen molar-refractivity contribution in [2.75, 3.05) is 18.5 Å². The Bertz CT molecular complexity index is 896. The number of hydrogen-bond acceptors (Lipinski definition) is 5. The van der Waals surface area contributed by atoms with Crippen molar-refractivity contribution < 1.29 is 23.1 Å². The van der Waals surface area contributed by atoms with Crippen molar-refractivity contribution in [2.24, 2.45) is 0 Å². The highest BCUT2D eigenvalue weighted by Gasteiger charge is 2.28. The number of rotatable bonds is 3. The van der Waals surface area contributed by atoms with Gasteiger partial charge in [0, 0.05) is 30.0 Å². The minimum Gasteiger partial charge on any atom is -0.368 e. The average Bonchev–Trinajstić information content (AvgIpc) is 3.32. The lowest BCUT2D eigenvalue weighted by molar-refractivity contribution is -0.124. The van der Waals surface area contributed by atoms with Crippen LogP contribution in [0.4, 0.5) is 13.9 Å². The van der Waals surface area contributed by atoms with E-state index in [1.54, 1.807) is 4.90 Å². The zero-order valence-electron chi connectivity index (χ0n) is 14.3. The van der Waals surface area contributed by atoms with Gasteiger partial charge in [-0.05, 0) is 31.0 Å². The predicted molar refractivity (Wildman–Crippen MR) is 94.5 cm³/mol. The monoisotopic (exact) mass is 393 g/mol. The molecule has 142 valence electrons. The Hall–Kier alpha value is -2.39. The van der Waals surface area contributed by atoms with Crippen LogP contribution >= 0.6 is 11.3 Å². The van der Waals surface area contributed by atoms with Crippen LogP contribution in [0.25, 0.3) is 0 Å². The molecule has 1 fully saturated rings. The zero-order valence-corrected chi connectivity index (χ0v) is 15.2. The molecule has 1 aromatic heterocycles. The molecule has 1 atom stereocenters. The number of ether oxygens (including phenoxy) is 1. The normalized spacial score (nSPS) is 19.0. The number of benzene rings is 1. The first kappa shape index (κ1) is 18.0. The van der Waals surface area contributed by atoms with Crippen molar-refractivity contribution >= 4 is 28.3 Å². The highest BCUT2D eigenvalue weighted by atomic mass is 32.1. The van der Waals surface area contributed by atoms with Crippen molar-refractivity contribution in [3.05, 3.63) is 46.0 Å². The van der Waals surface area contributed by atoms with E-state index in [9.17, 15) is 18.4 Å². The number of carbonyl (C=O) groups is 2. The van der Waals surface area contributed by atoms with E-state index in [-0.39, 0.29) is 17.4 Å². The smallest absolute Gasteiger partial charge is 0.255 e. The second kappa shape index (κ2) is 7.32. The molecule has 0 spiro atoms. The molecule has 27 heavy (non-hydrogen) atoms. The molecule has 1 N–H and O–H groups in total. The minimum absolute atomic E-state index is 0.105. The maximum Gasteiger partial charge on any atom is 0.255 e. The van der Waals surface area contributed by atoms with Crippen LogP contribution in [0.2, 0.25) is 0 Å². The van der Waals surface area contributed by atoms with Crippen molar-refractivity contribution in [1.82, 2.24) is 9.88 Å². The fourth-order valence-corrected chi connectivity index (χ4v) is 4.23. The summed E-state index contributed by atoms with van der Waals surface area (Å²) in [6.07, 6.45) is 1.68. The number of anilines is 1. The van der Waals surface area contributed by atoms with Crippen LogP contribution in [0.1, 0.15) is 33.8 Å². The van der Waals surface area contributed by atoms with Gasteiger partial charge in [-0.2, -0.15) is 0 Å². The standard InChI is InChI=1S/C18H17F2N3O3S/c19-11-4-3-10(8-12(11)20)17(25)23-6-5-13-15(9-23)27-18(21-13)22-16(24)14-2-1-7-26-14/h3-4,8,14H,1-2,5-7,9H2,(H,21,22,24). The molecule has 6 nitrogen and oxygen atoms in total. The highest BCUT2D eigenvalue weighted by Crippen LogP contribution is 2.29. The Balaban J connectivity index is 1.45. The summed E-state index contributed by atoms with van der Waals surface area (Å²) in [5.41, 5.74) is 0.950. The summed E-state index contributed by atoms with van der Waals surface area (Å²) in [4.78, 5) is 31.6. The van der Waals surface area contributed by atoms with Crippen LogP contribution < -0.4 is 5.32 Å². The van der Waals surface area contributed by atoms with Crippen LogP contribution in [0.5, 0.6) is 0 Å². The molecule has 2 aliphatic rings. The average molecular weight is 393 g/mol. The first-order chi connectivity index (χ1) is 13.0. The Morgan fingerprint density at radius 1 is 1.30 bits per heavy atom. The summed E-state index contributed by atoms with van der Waals surface area (Å²) in [6, 6.07) is 3.13. The van der Waals surface area contributed by atoms with Gasteiger partial charge in [-0.15, -0.1) is 0 Å². The predicted octanol–water partition coefficient (Wildman–Crippen LogP) is 2.74. The molecule has 1 saturated heterocycles. The van der Waals surface area contributed by atoms with E-state index in [4.69, 9.17) is 4.74 Å². The molecule has 3 heterocycles. The number of nitrogens with one attached hydrogen (secondary N) is 1. The number of thiazole rings is 1. The first-order valence-corrected chi connectivity index (χ1v) is 9.48. The molecule has 1 unspecified atom stereocenters. The molecule has 0 saturated carbocycles. The number of nitrogens with zero attached hydrogens (tertiary/aromatic N) is 2. The fourth-order valence-electron chi connectivity index (χ4n) is 3.20. The largest absolute Gasteiger partial charge is 0.368 e. The second-order valence-corrected chi connectivity index (χ2v) is 7.57. The van der Waals surface area contributed by atoms with Crippen LogP contribution in [0.15, 0.2) is 18.2 Å². The topological polar surface area (TPSA) is 71.5 Å². The SMILES string of the molecule is O=C(Nc1nc2c(s1)CN(C(=O)c1ccc(F)c(F)c1)CC2)C1CCCO1. The molecule has 1 aromatic carbocycles. The van der Waals surface area contributed by atoms with Crippen LogP contribution in [-0.2, 0) is 22.5 Å². The third kappa shape index (κ3) is 3.70. The summed E-state index contributed by atoms with van der Waals surface area (Å²) < 4.78 is 31.8. The lowest BCUT2D eigenvalue weighted by atomic mass is 10.1. The van der Waals surface area contributed by atoms with Gasteiger partial charge in [-0.3, -0.25) is 14.9 Å². The van der Waals surface area contributed by atoms with Gasteiger partial charge < -0.3 is 9.64 Å². The van der Waals surface area contributed by atoms with Gasteiger partial charge in [0.25, 0.3) is 11.8 Å². The van der Waals surface area contributed by atoms with Gasteiger partial charge in [-0.1, -0.05) is 11.3 Å². The van der Waals surface area contributed by atoms with Crippen LogP contribution in [-0.4, -0.2) is 41.0 Å². The van der Waals surface area contributed by atoms with E-state index in [2.05, 4.69) is 10.3 Å². The van der Waals surface area contributed by atoms with Crippen LogP contribution in [0.3, 0.4) is 0 Å². The van der Waals surface area contributed by atoms with E-state index >= 15 is 0 Å². The molecule has 2 aromatic rings. The Morgan fingerprint density at radius 3 is 2.89 bits per heavy atom. The van der Waals surface area contributed by atoms with Gasteiger partial charge in [0.1, 0.15) is 6.10 Å². The summed E-state index contributed by atoms with van der Waals surface area (Å²) >= 11 is 1.32. The Morgan fingerprint density at radius 2 is 2.15 bits per heavy atom. The van der Waals surface area contributed by atoms with Gasteiger partial charge in [0.05, 0.1) is 12.2 Å². The molecule has 0 bridgehead atoms. The third-order valence-electron chi connectivity index (χ3n) is 4.64. The van der Waals surface area contributed by atoms with E-state index in [1.807, 2.05) is 0 Å². The van der Waals surface area contributed by atoms with E-state index in [1.165, 1.54) is 17.4 Å². The highest BCUT2D eigenvalue weighted by molar-refractivity contribution is 7.15. The number of aromatic nitrogens is 1. The fraction of sp³-hybridized carbons (Fsp3) is 0.389. The second-order valence-electron chi connectivity index (χ2n) is 6.49. The van der Waals surface area contributed by atoms with Gasteiger partial charge in [-0.25, -0.2) is 13.8 Å². The van der Waals surface area contributed by atoms with Crippen molar-refractivity contribution in [3.8, 4) is 0 Å². The minimum atomic E-state index is -1.05. The Kier molecular flexibility index (Phi) is 4.88. The molecule has 4 rings (SSSR count). The number of carbonyl (C=O) groups excluding carboxylic acids is 2. The zero-order chi connectivity index (χ0) is 19.0. The summed E-state index contributed by atoms with van der Waals surface area (Å²) in [6.45, 7) is 1.34. The maximum absolute atomic E-state index is 13.4. The lowest BCUT2D eigenvalue weighted by Gasteiger charge is -2.26. The number of fused-ring (bicyclic) bond motifs is 1. The van der Waals surface area contributed by atoms with Gasteiger partial charge in [0.2, 0.25) is 0 Å². The van der Waals surface area contributed by atoms with Crippen molar-refractivity contribution in [2.45, 2.75) is 31.9 Å². The van der Waals surface area contributed by atoms with Crippen molar-refractivity contribution in [3.63, 3.8) is 0 Å². The molecule has 2 amide bonds. The molecular weight excluding hydrogens is 376 g/mol. The summed E-state index contributed by atoms with van der Waals surface area (Å²) in [5.74, 6) is -2.59.